The second-order valence-corrected chi connectivity index (χ2v) is 8.11. The Balaban J connectivity index is 2.00. The van der Waals surface area contributed by atoms with E-state index in [0.29, 0.717) is 25.5 Å². The molecule has 0 bridgehead atoms. The highest BCUT2D eigenvalue weighted by Crippen LogP contribution is 2.21. The summed E-state index contributed by atoms with van der Waals surface area (Å²) in [5, 5.41) is 2.97. The number of ether oxygens (including phenoxy) is 1. The number of para-hydroxylation sites is 1. The van der Waals surface area contributed by atoms with Gasteiger partial charge in [-0.15, -0.1) is 11.3 Å². The lowest BCUT2D eigenvalue weighted by Crippen LogP contribution is -2.38. The van der Waals surface area contributed by atoms with E-state index in [2.05, 4.69) is 32.7 Å². The summed E-state index contributed by atoms with van der Waals surface area (Å²) in [6.07, 6.45) is 1.52. The minimum Gasteiger partial charge on any atom is -0.486 e. The van der Waals surface area contributed by atoms with E-state index >= 15 is 0 Å². The van der Waals surface area contributed by atoms with E-state index in [1.807, 2.05) is 41.5 Å². The topological polar surface area (TPSA) is 42.4 Å². The van der Waals surface area contributed by atoms with E-state index in [1.54, 1.807) is 11.3 Å². The summed E-state index contributed by atoms with van der Waals surface area (Å²) < 4.78 is 5.88. The zero-order chi connectivity index (χ0) is 19.1. The number of aryl methyl sites for hydroxylation is 1. The Kier molecular flexibility index (Phi) is 7.64. The van der Waals surface area contributed by atoms with Crippen molar-refractivity contribution in [1.82, 2.24) is 9.88 Å². The number of hydrogen-bond acceptors (Lipinski definition) is 4. The Morgan fingerprint density at radius 1 is 1.27 bits per heavy atom. The lowest BCUT2D eigenvalue weighted by molar-refractivity contribution is -0.134. The molecule has 0 aliphatic heterocycles. The molecule has 1 aromatic carbocycles. The maximum atomic E-state index is 12.6. The average Bonchev–Trinajstić information content (AvgIpc) is 3.05. The smallest absolute Gasteiger partial charge is 0.223 e. The zero-order valence-electron chi connectivity index (χ0n) is 16.5. The summed E-state index contributed by atoms with van der Waals surface area (Å²) in [6, 6.07) is 8.20. The Bertz CT molecular complexity index is 712. The molecule has 26 heavy (non-hydrogen) atoms. The predicted molar refractivity (Wildman–Crippen MR) is 107 cm³/mol. The third-order valence-electron chi connectivity index (χ3n) is 4.40. The molecule has 0 unspecified atom stereocenters. The van der Waals surface area contributed by atoms with Gasteiger partial charge in [0.25, 0.3) is 0 Å². The molecular weight excluding hydrogens is 344 g/mol. The van der Waals surface area contributed by atoms with Gasteiger partial charge in [0, 0.05) is 17.8 Å². The van der Waals surface area contributed by atoms with E-state index in [-0.39, 0.29) is 11.9 Å². The van der Waals surface area contributed by atoms with Gasteiger partial charge in [0.05, 0.1) is 12.2 Å². The van der Waals surface area contributed by atoms with E-state index in [1.165, 1.54) is 0 Å². The van der Waals surface area contributed by atoms with Crippen LogP contribution in [0.15, 0.2) is 29.6 Å². The Morgan fingerprint density at radius 3 is 2.65 bits per heavy atom. The van der Waals surface area contributed by atoms with Crippen molar-refractivity contribution in [3.8, 4) is 5.75 Å². The van der Waals surface area contributed by atoms with Crippen LogP contribution >= 0.6 is 11.3 Å². The van der Waals surface area contributed by atoms with Gasteiger partial charge in [0.2, 0.25) is 5.91 Å². The van der Waals surface area contributed by atoms with E-state index in [0.717, 1.165) is 28.4 Å². The van der Waals surface area contributed by atoms with E-state index in [9.17, 15) is 4.79 Å². The number of carbonyl (C=O) groups excluding carboxylic acids is 1. The van der Waals surface area contributed by atoms with Gasteiger partial charge in [-0.25, -0.2) is 4.98 Å². The van der Waals surface area contributed by atoms with E-state index in [4.69, 9.17) is 4.74 Å². The number of hydrogen-bond donors (Lipinski definition) is 0. The molecule has 0 saturated heterocycles. The molecule has 0 fully saturated rings. The molecule has 2 aromatic rings. The fourth-order valence-electron chi connectivity index (χ4n) is 2.70. The van der Waals surface area contributed by atoms with Crippen molar-refractivity contribution in [2.75, 3.05) is 0 Å². The lowest BCUT2D eigenvalue weighted by Gasteiger charge is -2.28. The first-order chi connectivity index (χ1) is 12.4. The van der Waals surface area contributed by atoms with Gasteiger partial charge in [-0.05, 0) is 37.8 Å². The Labute approximate surface area is 161 Å². The van der Waals surface area contributed by atoms with Gasteiger partial charge in [-0.1, -0.05) is 39.0 Å². The van der Waals surface area contributed by atoms with Crippen molar-refractivity contribution in [3.63, 3.8) is 0 Å². The molecule has 2 rings (SSSR count). The quantitative estimate of drug-likeness (QED) is 0.605. The number of benzene rings is 1. The molecule has 1 heterocycles. The van der Waals surface area contributed by atoms with Gasteiger partial charge in [-0.2, -0.15) is 0 Å². The second-order valence-electron chi connectivity index (χ2n) is 7.16. The molecule has 0 spiro atoms. The largest absolute Gasteiger partial charge is 0.486 e. The van der Waals surface area contributed by atoms with Crippen LogP contribution in [0.3, 0.4) is 0 Å². The van der Waals surface area contributed by atoms with Gasteiger partial charge >= 0.3 is 0 Å². The Hall–Kier alpha value is -1.88. The van der Waals surface area contributed by atoms with Crippen molar-refractivity contribution in [2.24, 2.45) is 5.92 Å². The summed E-state index contributed by atoms with van der Waals surface area (Å²) in [4.78, 5) is 19.2. The highest BCUT2D eigenvalue weighted by atomic mass is 32.1. The molecular formula is C21H30N2O2S. The number of nitrogens with zero attached hydrogens (tertiary/aromatic N) is 2. The summed E-state index contributed by atoms with van der Waals surface area (Å²) >= 11 is 1.59. The Morgan fingerprint density at radius 2 is 2.00 bits per heavy atom. The third-order valence-corrected chi connectivity index (χ3v) is 5.27. The van der Waals surface area contributed by atoms with Gasteiger partial charge in [0.15, 0.2) is 0 Å². The van der Waals surface area contributed by atoms with Crippen LogP contribution in [0.4, 0.5) is 0 Å². The molecule has 1 aromatic heterocycles. The molecule has 0 aliphatic rings. The third kappa shape index (κ3) is 5.84. The maximum Gasteiger partial charge on any atom is 0.223 e. The number of amides is 1. The number of thiazole rings is 1. The fraction of sp³-hybridized carbons (Fsp3) is 0.524. The SMILES string of the molecule is CC[C@@H](C)N(Cc1csc(COc2ccccc2C)n1)C(=O)CC(C)C. The minimum absolute atomic E-state index is 0.208. The van der Waals surface area contributed by atoms with Crippen LogP contribution in [0.2, 0.25) is 0 Å². The van der Waals surface area contributed by atoms with Crippen molar-refractivity contribution >= 4 is 17.2 Å². The zero-order valence-corrected chi connectivity index (χ0v) is 17.3. The average molecular weight is 375 g/mol. The molecule has 1 atom stereocenters. The number of aromatic nitrogens is 1. The highest BCUT2D eigenvalue weighted by Gasteiger charge is 2.21. The first kappa shape index (κ1) is 20.4. The van der Waals surface area contributed by atoms with Crippen LogP contribution in [-0.2, 0) is 17.9 Å². The van der Waals surface area contributed by atoms with Gasteiger partial charge in [-0.3, -0.25) is 4.79 Å². The monoisotopic (exact) mass is 374 g/mol. The molecule has 0 N–H and O–H groups in total. The van der Waals surface area contributed by atoms with Crippen LogP contribution in [-0.4, -0.2) is 21.8 Å². The van der Waals surface area contributed by atoms with Crippen LogP contribution in [0.1, 0.15) is 56.8 Å². The van der Waals surface area contributed by atoms with Crippen molar-refractivity contribution < 1.29 is 9.53 Å². The van der Waals surface area contributed by atoms with Crippen LogP contribution in [0.5, 0.6) is 5.75 Å². The summed E-state index contributed by atoms with van der Waals surface area (Å²) in [5.41, 5.74) is 2.06. The maximum absolute atomic E-state index is 12.6. The van der Waals surface area contributed by atoms with Crippen molar-refractivity contribution in [2.45, 2.75) is 66.7 Å². The molecule has 0 aliphatic carbocycles. The standard InChI is InChI=1S/C21H30N2O2S/c1-6-17(5)23(21(24)11-15(2)3)12-18-14-26-20(22-18)13-25-19-10-8-7-9-16(19)4/h7-10,14-15,17H,6,11-13H2,1-5H3/t17-/m1/s1. The van der Waals surface area contributed by atoms with Gasteiger partial charge < -0.3 is 9.64 Å². The predicted octanol–water partition coefficient (Wildman–Crippen LogP) is 5.20. The summed E-state index contributed by atoms with van der Waals surface area (Å²) in [7, 11) is 0. The first-order valence-electron chi connectivity index (χ1n) is 9.31. The second kappa shape index (κ2) is 9.72. The number of carbonyl (C=O) groups is 1. The van der Waals surface area contributed by atoms with E-state index < -0.39 is 0 Å². The van der Waals surface area contributed by atoms with Crippen LogP contribution < -0.4 is 4.74 Å². The summed E-state index contributed by atoms with van der Waals surface area (Å²) in [6.45, 7) is 11.4. The normalized spacial score (nSPS) is 12.2. The first-order valence-corrected chi connectivity index (χ1v) is 10.2. The van der Waals surface area contributed by atoms with Crippen LogP contribution in [0, 0.1) is 12.8 Å². The highest BCUT2D eigenvalue weighted by molar-refractivity contribution is 7.09. The van der Waals surface area contributed by atoms with Crippen molar-refractivity contribution in [1.29, 1.82) is 0 Å². The molecule has 0 saturated carbocycles. The molecule has 1 amide bonds. The molecule has 142 valence electrons. The molecule has 5 heteroatoms. The van der Waals surface area contributed by atoms with Crippen molar-refractivity contribution in [3.05, 3.63) is 45.9 Å². The molecule has 4 nitrogen and oxygen atoms in total. The molecule has 0 radical (unpaired) electrons. The minimum atomic E-state index is 0.208. The van der Waals surface area contributed by atoms with Crippen LogP contribution in [0.25, 0.3) is 0 Å². The lowest BCUT2D eigenvalue weighted by atomic mass is 10.1. The fourth-order valence-corrected chi connectivity index (χ4v) is 3.39. The van der Waals surface area contributed by atoms with Gasteiger partial charge in [0.1, 0.15) is 17.4 Å². The summed E-state index contributed by atoms with van der Waals surface area (Å²) in [5.74, 6) is 1.46. The number of rotatable bonds is 9.